The van der Waals surface area contributed by atoms with Gasteiger partial charge in [-0.1, -0.05) is 36.4 Å². The summed E-state index contributed by atoms with van der Waals surface area (Å²) >= 11 is 0. The Hall–Kier alpha value is -3.45. The smallest absolute Gasteiger partial charge is 0.141 e. The molecule has 116 valence electrons. The summed E-state index contributed by atoms with van der Waals surface area (Å²) in [5.74, 6) is 0.910. The lowest BCUT2D eigenvalue weighted by atomic mass is 10.1. The average Bonchev–Trinajstić information content (AvgIpc) is 2.68. The molecule has 0 amide bonds. The zero-order valence-corrected chi connectivity index (χ0v) is 13.2. The number of para-hydroxylation sites is 1. The highest BCUT2D eigenvalue weighted by Gasteiger charge is 2.03. The third-order valence-corrected chi connectivity index (χ3v) is 3.53. The van der Waals surface area contributed by atoms with Gasteiger partial charge in [-0.05, 0) is 30.3 Å². The molecular weight excluding hydrogens is 298 g/mol. The second-order valence-corrected chi connectivity index (χ2v) is 5.04. The van der Waals surface area contributed by atoms with Crippen LogP contribution in [0.1, 0.15) is 5.69 Å². The van der Waals surface area contributed by atoms with Crippen LogP contribution >= 0.6 is 0 Å². The third-order valence-electron chi connectivity index (χ3n) is 3.53. The van der Waals surface area contributed by atoms with Gasteiger partial charge < -0.3 is 4.74 Å². The lowest BCUT2D eigenvalue weighted by molar-refractivity contribution is 0.415. The number of benzene rings is 2. The summed E-state index contributed by atoms with van der Waals surface area (Å²) in [7, 11) is 1.66. The van der Waals surface area contributed by atoms with Gasteiger partial charge in [-0.15, -0.1) is 0 Å². The first-order chi connectivity index (χ1) is 11.8. The highest BCUT2D eigenvalue weighted by Crippen LogP contribution is 2.21. The van der Waals surface area contributed by atoms with Gasteiger partial charge in [0.1, 0.15) is 17.5 Å². The maximum atomic E-state index is 8.84. The van der Waals surface area contributed by atoms with Crippen LogP contribution in [0.2, 0.25) is 0 Å². The summed E-state index contributed by atoms with van der Waals surface area (Å²) in [6, 6.07) is 23.2. The van der Waals surface area contributed by atoms with E-state index in [-0.39, 0.29) is 0 Å². The number of hydrogen-bond donors (Lipinski definition) is 0. The molecule has 0 bridgehead atoms. The Bertz CT molecular complexity index is 1010. The van der Waals surface area contributed by atoms with Crippen molar-refractivity contribution in [3.63, 3.8) is 0 Å². The van der Waals surface area contributed by atoms with Crippen molar-refractivity contribution in [1.29, 1.82) is 5.26 Å². The number of rotatable bonds is 1. The molecular formula is C20H15N3O. The Morgan fingerprint density at radius 1 is 0.833 bits per heavy atom. The molecule has 2 aromatic heterocycles. The summed E-state index contributed by atoms with van der Waals surface area (Å²) in [5.41, 5.74) is 2.06. The largest absolute Gasteiger partial charge is 0.497 e. The second kappa shape index (κ2) is 7.21. The van der Waals surface area contributed by atoms with Gasteiger partial charge in [-0.2, -0.15) is 5.26 Å². The Kier molecular flexibility index (Phi) is 4.64. The highest BCUT2D eigenvalue weighted by molar-refractivity contribution is 6.02. The monoisotopic (exact) mass is 313 g/mol. The third kappa shape index (κ3) is 3.31. The number of pyridine rings is 2. The first kappa shape index (κ1) is 15.4. The lowest BCUT2D eigenvalue weighted by Gasteiger charge is -2.01. The molecule has 4 nitrogen and oxygen atoms in total. The predicted molar refractivity (Wildman–Crippen MR) is 94.8 cm³/mol. The molecule has 0 saturated heterocycles. The molecule has 0 aliphatic heterocycles. The van der Waals surface area contributed by atoms with Crippen molar-refractivity contribution in [3.05, 3.63) is 78.6 Å². The minimum Gasteiger partial charge on any atom is -0.497 e. The molecule has 0 unspecified atom stereocenters. The molecule has 0 radical (unpaired) electrons. The first-order valence-electron chi connectivity index (χ1n) is 7.45. The molecule has 4 heteroatoms. The van der Waals surface area contributed by atoms with Crippen LogP contribution in [-0.4, -0.2) is 17.1 Å². The van der Waals surface area contributed by atoms with E-state index < -0.39 is 0 Å². The van der Waals surface area contributed by atoms with Crippen LogP contribution in [0.4, 0.5) is 0 Å². The number of ether oxygens (including phenoxy) is 1. The van der Waals surface area contributed by atoms with E-state index in [4.69, 9.17) is 10.00 Å². The molecule has 4 rings (SSSR count). The van der Waals surface area contributed by atoms with Crippen molar-refractivity contribution in [1.82, 2.24) is 9.97 Å². The lowest BCUT2D eigenvalue weighted by Crippen LogP contribution is -1.87. The molecule has 0 N–H and O–H groups in total. The minimum absolute atomic E-state index is 0.422. The van der Waals surface area contributed by atoms with E-state index in [9.17, 15) is 0 Å². The van der Waals surface area contributed by atoms with E-state index in [1.807, 2.05) is 66.7 Å². The van der Waals surface area contributed by atoms with Gasteiger partial charge in [-0.25, -0.2) is 4.98 Å². The fourth-order valence-electron chi connectivity index (χ4n) is 2.34. The van der Waals surface area contributed by atoms with Crippen molar-refractivity contribution < 1.29 is 4.74 Å². The van der Waals surface area contributed by atoms with Gasteiger partial charge in [0.2, 0.25) is 0 Å². The van der Waals surface area contributed by atoms with E-state index >= 15 is 0 Å². The fourth-order valence-corrected chi connectivity index (χ4v) is 2.34. The van der Waals surface area contributed by atoms with Gasteiger partial charge in [0.25, 0.3) is 0 Å². The summed E-state index contributed by atoms with van der Waals surface area (Å²) in [5, 5.41) is 10.9. The van der Waals surface area contributed by atoms with E-state index in [1.54, 1.807) is 19.4 Å². The summed E-state index contributed by atoms with van der Waals surface area (Å²) in [4.78, 5) is 8.61. The van der Waals surface area contributed by atoms with Gasteiger partial charge in [0.15, 0.2) is 0 Å². The Morgan fingerprint density at radius 3 is 2.21 bits per heavy atom. The molecule has 0 spiro atoms. The Morgan fingerprint density at radius 2 is 1.54 bits per heavy atom. The Labute approximate surface area is 140 Å². The zero-order valence-electron chi connectivity index (χ0n) is 13.2. The molecule has 0 atom stereocenters. The van der Waals surface area contributed by atoms with Crippen LogP contribution < -0.4 is 4.74 Å². The average molecular weight is 313 g/mol. The second-order valence-electron chi connectivity index (χ2n) is 5.04. The number of nitrogens with zero attached hydrogens (tertiary/aromatic N) is 3. The predicted octanol–water partition coefficient (Wildman–Crippen LogP) is 4.35. The van der Waals surface area contributed by atoms with Crippen molar-refractivity contribution in [2.75, 3.05) is 7.11 Å². The van der Waals surface area contributed by atoms with Crippen molar-refractivity contribution in [2.24, 2.45) is 0 Å². The number of fused-ring (bicyclic) bond motifs is 3. The van der Waals surface area contributed by atoms with Crippen LogP contribution in [0.3, 0.4) is 0 Å². The number of nitriles is 1. The quantitative estimate of drug-likeness (QED) is 0.490. The van der Waals surface area contributed by atoms with Crippen LogP contribution in [0.5, 0.6) is 5.75 Å². The standard InChI is InChI=1S/C13H7N3.C7H8O/c14-8-11-6-5-10-4-3-9-2-1-7-15-12(9)13(10)16-11;1-8-7-5-3-2-4-6-7/h1-7H;2-6H,1H3. The normalized spacial score (nSPS) is 9.83. The van der Waals surface area contributed by atoms with E-state index in [2.05, 4.69) is 9.97 Å². The van der Waals surface area contributed by atoms with E-state index in [0.717, 1.165) is 27.6 Å². The fraction of sp³-hybridized carbons (Fsp3) is 0.0500. The van der Waals surface area contributed by atoms with Crippen molar-refractivity contribution in [2.45, 2.75) is 0 Å². The first-order valence-corrected chi connectivity index (χ1v) is 7.45. The van der Waals surface area contributed by atoms with Crippen LogP contribution in [0.25, 0.3) is 21.8 Å². The maximum Gasteiger partial charge on any atom is 0.141 e. The molecule has 0 aliphatic carbocycles. The topological polar surface area (TPSA) is 58.8 Å². The van der Waals surface area contributed by atoms with Crippen molar-refractivity contribution >= 4 is 21.8 Å². The van der Waals surface area contributed by atoms with Crippen molar-refractivity contribution in [3.8, 4) is 11.8 Å². The summed E-state index contributed by atoms with van der Waals surface area (Å²) in [6.07, 6.45) is 1.74. The molecule has 0 aliphatic rings. The van der Waals surface area contributed by atoms with Crippen LogP contribution in [-0.2, 0) is 0 Å². The molecule has 24 heavy (non-hydrogen) atoms. The van der Waals surface area contributed by atoms with Crippen LogP contribution in [0.15, 0.2) is 72.9 Å². The molecule has 0 fully saturated rings. The van der Waals surface area contributed by atoms with E-state index in [1.165, 1.54) is 0 Å². The Balaban J connectivity index is 0.000000179. The molecule has 4 aromatic rings. The molecule has 0 saturated carbocycles. The van der Waals surface area contributed by atoms with Gasteiger partial charge in [-0.3, -0.25) is 4.98 Å². The van der Waals surface area contributed by atoms with Gasteiger partial charge in [0, 0.05) is 17.0 Å². The van der Waals surface area contributed by atoms with Crippen LogP contribution in [0, 0.1) is 11.3 Å². The van der Waals surface area contributed by atoms with Gasteiger partial charge >= 0.3 is 0 Å². The number of methoxy groups -OCH3 is 1. The number of hydrogen-bond acceptors (Lipinski definition) is 4. The zero-order chi connectivity index (χ0) is 16.8. The summed E-state index contributed by atoms with van der Waals surface area (Å²) in [6.45, 7) is 0. The number of aromatic nitrogens is 2. The highest BCUT2D eigenvalue weighted by atomic mass is 16.5. The minimum atomic E-state index is 0.422. The van der Waals surface area contributed by atoms with E-state index in [0.29, 0.717) is 5.69 Å². The summed E-state index contributed by atoms with van der Waals surface area (Å²) < 4.78 is 4.91. The molecule has 2 aromatic carbocycles. The van der Waals surface area contributed by atoms with Gasteiger partial charge in [0.05, 0.1) is 18.1 Å². The molecule has 2 heterocycles. The maximum absolute atomic E-state index is 8.84. The SMILES string of the molecule is COc1ccccc1.N#Cc1ccc2ccc3cccnc3c2n1.